The first-order valence-electron chi connectivity index (χ1n) is 6.20. The summed E-state index contributed by atoms with van der Waals surface area (Å²) < 4.78 is 40.1. The Balaban J connectivity index is 3.25. The van der Waals surface area contributed by atoms with Crippen LogP contribution in [0.4, 0.5) is 4.39 Å². The molecule has 0 aliphatic carbocycles. The Morgan fingerprint density at radius 1 is 1.37 bits per heavy atom. The molecule has 0 fully saturated rings. The van der Waals surface area contributed by atoms with Crippen LogP contribution in [-0.4, -0.2) is 25.3 Å². The van der Waals surface area contributed by atoms with Crippen molar-refractivity contribution in [2.45, 2.75) is 44.0 Å². The van der Waals surface area contributed by atoms with Gasteiger partial charge in [-0.1, -0.05) is 13.0 Å². The van der Waals surface area contributed by atoms with E-state index in [1.165, 1.54) is 22.5 Å². The predicted molar refractivity (Wildman–Crippen MR) is 75.3 cm³/mol. The Hall–Kier alpha value is -0.650. The highest BCUT2D eigenvalue weighted by Gasteiger charge is 2.28. The van der Waals surface area contributed by atoms with Crippen LogP contribution in [0.1, 0.15) is 32.8 Å². The summed E-state index contributed by atoms with van der Waals surface area (Å²) in [7, 11) is -3.80. The molecule has 0 spiro atoms. The second-order valence-corrected chi connectivity index (χ2v) is 6.73. The molecule has 6 heteroatoms. The first-order chi connectivity index (χ1) is 8.84. The van der Waals surface area contributed by atoms with Gasteiger partial charge in [-0.2, -0.15) is 4.31 Å². The van der Waals surface area contributed by atoms with E-state index in [0.717, 1.165) is 0 Å². The van der Waals surface area contributed by atoms with Crippen molar-refractivity contribution in [3.63, 3.8) is 0 Å². The fourth-order valence-electron chi connectivity index (χ4n) is 1.84. The van der Waals surface area contributed by atoms with Crippen molar-refractivity contribution in [3.8, 4) is 0 Å². The number of halogens is 2. The molecule has 0 amide bonds. The Labute approximate surface area is 119 Å². The number of benzene rings is 1. The molecule has 0 aliphatic rings. The summed E-state index contributed by atoms with van der Waals surface area (Å²) in [6.45, 7) is 5.81. The topological polar surface area (TPSA) is 37.4 Å². The third-order valence-electron chi connectivity index (χ3n) is 2.76. The van der Waals surface area contributed by atoms with E-state index >= 15 is 0 Å². The average molecular weight is 308 g/mol. The van der Waals surface area contributed by atoms with Gasteiger partial charge in [0.1, 0.15) is 10.7 Å². The highest BCUT2D eigenvalue weighted by molar-refractivity contribution is 7.89. The number of rotatable bonds is 6. The predicted octanol–water partition coefficient (Wildman–Crippen LogP) is 3.37. The maximum atomic E-state index is 13.9. The summed E-state index contributed by atoms with van der Waals surface area (Å²) in [6.07, 6.45) is 0.679. The van der Waals surface area contributed by atoms with Gasteiger partial charge in [0, 0.05) is 18.5 Å². The molecule has 0 heterocycles. The molecular weight excluding hydrogens is 289 g/mol. The van der Waals surface area contributed by atoms with Crippen molar-refractivity contribution in [1.82, 2.24) is 4.31 Å². The first kappa shape index (κ1) is 16.4. The molecule has 1 aromatic carbocycles. The lowest BCUT2D eigenvalue weighted by Gasteiger charge is -2.25. The van der Waals surface area contributed by atoms with Crippen LogP contribution in [-0.2, 0) is 15.9 Å². The van der Waals surface area contributed by atoms with Crippen LogP contribution >= 0.6 is 11.6 Å². The van der Waals surface area contributed by atoms with Crippen molar-refractivity contribution in [2.24, 2.45) is 0 Å². The van der Waals surface area contributed by atoms with Gasteiger partial charge in [0.05, 0.1) is 0 Å². The van der Waals surface area contributed by atoms with E-state index in [2.05, 4.69) is 0 Å². The quantitative estimate of drug-likeness (QED) is 0.756. The Morgan fingerprint density at radius 3 is 2.42 bits per heavy atom. The zero-order valence-corrected chi connectivity index (χ0v) is 12.9. The summed E-state index contributed by atoms with van der Waals surface area (Å²) in [5.41, 5.74) is 0.560. The normalized spacial score (nSPS) is 12.4. The van der Waals surface area contributed by atoms with Gasteiger partial charge in [0.2, 0.25) is 10.0 Å². The number of hydrogen-bond acceptors (Lipinski definition) is 2. The molecule has 0 saturated heterocycles. The molecule has 0 aromatic heterocycles. The summed E-state index contributed by atoms with van der Waals surface area (Å²) >= 11 is 5.60. The smallest absolute Gasteiger partial charge is 0.207 e. The molecule has 0 atom stereocenters. The molecule has 1 aromatic rings. The summed E-state index contributed by atoms with van der Waals surface area (Å²) in [5.74, 6) is -0.597. The summed E-state index contributed by atoms with van der Waals surface area (Å²) in [6, 6.07) is 3.78. The van der Waals surface area contributed by atoms with Gasteiger partial charge >= 0.3 is 0 Å². The van der Waals surface area contributed by atoms with Crippen LogP contribution in [0.3, 0.4) is 0 Å². The van der Waals surface area contributed by atoms with Crippen molar-refractivity contribution in [1.29, 1.82) is 0 Å². The molecule has 1 rings (SSSR count). The second-order valence-electron chi connectivity index (χ2n) is 4.61. The maximum Gasteiger partial charge on any atom is 0.246 e. The maximum absolute atomic E-state index is 13.9. The van der Waals surface area contributed by atoms with Crippen LogP contribution < -0.4 is 0 Å². The molecule has 19 heavy (non-hydrogen) atoms. The van der Waals surface area contributed by atoms with E-state index in [0.29, 0.717) is 18.5 Å². The minimum atomic E-state index is -3.80. The molecule has 0 aliphatic heterocycles. The van der Waals surface area contributed by atoms with Crippen molar-refractivity contribution in [2.75, 3.05) is 6.54 Å². The van der Waals surface area contributed by atoms with Gasteiger partial charge in [0.25, 0.3) is 0 Å². The number of sulfonamides is 1. The average Bonchev–Trinajstić information content (AvgIpc) is 2.34. The van der Waals surface area contributed by atoms with E-state index in [1.54, 1.807) is 13.8 Å². The number of alkyl halides is 1. The molecular formula is C13H19ClFNO2S. The van der Waals surface area contributed by atoms with Crippen LogP contribution in [0, 0.1) is 5.82 Å². The summed E-state index contributed by atoms with van der Waals surface area (Å²) in [4.78, 5) is -0.288. The number of nitrogens with zero attached hydrogens (tertiary/aromatic N) is 1. The summed E-state index contributed by atoms with van der Waals surface area (Å²) in [5, 5.41) is 0. The van der Waals surface area contributed by atoms with Crippen LogP contribution in [0.5, 0.6) is 0 Å². The van der Waals surface area contributed by atoms with Crippen molar-refractivity contribution >= 4 is 21.6 Å². The lowest BCUT2D eigenvalue weighted by Crippen LogP contribution is -2.37. The minimum Gasteiger partial charge on any atom is -0.207 e. The van der Waals surface area contributed by atoms with Gasteiger partial charge in [0.15, 0.2) is 0 Å². The molecule has 0 saturated carbocycles. The monoisotopic (exact) mass is 307 g/mol. The minimum absolute atomic E-state index is 0.153. The lowest BCUT2D eigenvalue weighted by atomic mass is 10.2. The Kier molecular flexibility index (Phi) is 5.77. The van der Waals surface area contributed by atoms with E-state index < -0.39 is 15.8 Å². The largest absolute Gasteiger partial charge is 0.246 e. The molecule has 108 valence electrons. The third-order valence-corrected chi connectivity index (χ3v) is 5.17. The van der Waals surface area contributed by atoms with Gasteiger partial charge in [-0.25, -0.2) is 12.8 Å². The fourth-order valence-corrected chi connectivity index (χ4v) is 3.78. The molecule has 0 radical (unpaired) electrons. The van der Waals surface area contributed by atoms with Crippen LogP contribution in [0.15, 0.2) is 23.1 Å². The van der Waals surface area contributed by atoms with Crippen LogP contribution in [0.2, 0.25) is 0 Å². The van der Waals surface area contributed by atoms with Gasteiger partial charge < -0.3 is 0 Å². The molecule has 0 unspecified atom stereocenters. The lowest BCUT2D eigenvalue weighted by molar-refractivity contribution is 0.352. The van der Waals surface area contributed by atoms with E-state index in [9.17, 15) is 12.8 Å². The number of hydrogen-bond donors (Lipinski definition) is 0. The zero-order chi connectivity index (χ0) is 14.6. The zero-order valence-electron chi connectivity index (χ0n) is 11.4. The molecule has 0 bridgehead atoms. The van der Waals surface area contributed by atoms with Crippen LogP contribution in [0.25, 0.3) is 0 Å². The standard InChI is InChI=1S/C13H19ClFNO2S/c1-4-7-16(10(2)3)19(17,18)13-6-5-11(9-14)8-12(13)15/h5-6,8,10H,4,7,9H2,1-3H3. The Bertz CT molecular complexity index is 531. The molecule has 0 N–H and O–H groups in total. The SMILES string of the molecule is CCCN(C(C)C)S(=O)(=O)c1ccc(CCl)cc1F. The highest BCUT2D eigenvalue weighted by atomic mass is 35.5. The van der Waals surface area contributed by atoms with Gasteiger partial charge in [-0.15, -0.1) is 11.6 Å². The second kappa shape index (κ2) is 6.68. The third kappa shape index (κ3) is 3.68. The van der Waals surface area contributed by atoms with E-state index in [-0.39, 0.29) is 16.8 Å². The van der Waals surface area contributed by atoms with E-state index in [1.807, 2.05) is 6.92 Å². The van der Waals surface area contributed by atoms with Gasteiger partial charge in [-0.3, -0.25) is 0 Å². The highest BCUT2D eigenvalue weighted by Crippen LogP contribution is 2.23. The van der Waals surface area contributed by atoms with Crippen molar-refractivity contribution in [3.05, 3.63) is 29.6 Å². The first-order valence-corrected chi connectivity index (χ1v) is 8.18. The fraction of sp³-hybridized carbons (Fsp3) is 0.538. The van der Waals surface area contributed by atoms with Gasteiger partial charge in [-0.05, 0) is 38.0 Å². The van der Waals surface area contributed by atoms with E-state index in [4.69, 9.17) is 11.6 Å². The molecule has 3 nitrogen and oxygen atoms in total. The van der Waals surface area contributed by atoms with Crippen molar-refractivity contribution < 1.29 is 12.8 Å². The Morgan fingerprint density at radius 2 is 2.00 bits per heavy atom.